The Bertz CT molecular complexity index is 696. The van der Waals surface area contributed by atoms with Gasteiger partial charge in [-0.05, 0) is 48.9 Å². The predicted molar refractivity (Wildman–Crippen MR) is 96.0 cm³/mol. The van der Waals surface area contributed by atoms with E-state index in [9.17, 15) is 4.79 Å². The average Bonchev–Trinajstić information content (AvgIpc) is 2.56. The van der Waals surface area contributed by atoms with Crippen LogP contribution in [0.2, 0.25) is 0 Å². The number of nitrogens with one attached hydrogen (secondary N) is 1. The number of hydrogen-bond acceptors (Lipinski definition) is 3. The van der Waals surface area contributed by atoms with Crippen molar-refractivity contribution in [1.82, 2.24) is 0 Å². The van der Waals surface area contributed by atoms with Crippen LogP contribution in [0.1, 0.15) is 12.5 Å². The van der Waals surface area contributed by atoms with Crippen molar-refractivity contribution < 1.29 is 14.3 Å². The van der Waals surface area contributed by atoms with E-state index >= 15 is 0 Å². The second-order valence-electron chi connectivity index (χ2n) is 4.75. The van der Waals surface area contributed by atoms with Gasteiger partial charge >= 0.3 is 0 Å². The number of benzene rings is 2. The van der Waals surface area contributed by atoms with Crippen molar-refractivity contribution in [1.29, 1.82) is 0 Å². The van der Waals surface area contributed by atoms with E-state index in [-0.39, 0.29) is 12.5 Å². The van der Waals surface area contributed by atoms with Gasteiger partial charge in [-0.15, -0.1) is 0 Å². The summed E-state index contributed by atoms with van der Waals surface area (Å²) in [4.78, 5) is 11.9. The molecule has 0 aliphatic carbocycles. The molecule has 4 nitrogen and oxygen atoms in total. The van der Waals surface area contributed by atoms with Crippen LogP contribution < -0.4 is 14.8 Å². The van der Waals surface area contributed by atoms with E-state index in [2.05, 4.69) is 21.2 Å². The minimum atomic E-state index is -0.230. The first-order valence-electron chi connectivity index (χ1n) is 7.11. The minimum Gasteiger partial charge on any atom is -0.493 e. The molecule has 2 aromatic carbocycles. The van der Waals surface area contributed by atoms with Crippen LogP contribution in [0.4, 0.5) is 5.69 Å². The highest BCUT2D eigenvalue weighted by Gasteiger charge is 2.08. The molecule has 0 aliphatic rings. The van der Waals surface area contributed by atoms with Gasteiger partial charge in [-0.25, -0.2) is 0 Å². The maximum absolute atomic E-state index is 11.9. The normalized spacial score (nSPS) is 10.6. The van der Waals surface area contributed by atoms with Gasteiger partial charge in [0.05, 0.1) is 7.11 Å². The van der Waals surface area contributed by atoms with Crippen LogP contribution in [0.15, 0.2) is 53.0 Å². The van der Waals surface area contributed by atoms with Gasteiger partial charge in [0.1, 0.15) is 0 Å². The van der Waals surface area contributed by atoms with Gasteiger partial charge < -0.3 is 14.8 Å². The van der Waals surface area contributed by atoms with Crippen LogP contribution in [0, 0.1) is 0 Å². The number of carbonyl (C=O) groups excluding carboxylic acids is 1. The summed E-state index contributed by atoms with van der Waals surface area (Å²) in [6, 6.07) is 12.9. The number of hydrogen-bond donors (Lipinski definition) is 1. The van der Waals surface area contributed by atoms with Crippen molar-refractivity contribution in [3.8, 4) is 11.5 Å². The van der Waals surface area contributed by atoms with Gasteiger partial charge in [0.2, 0.25) is 0 Å². The fraction of sp³-hybridized carbons (Fsp3) is 0.167. The molecule has 1 N–H and O–H groups in total. The SMILES string of the molecule is C/C=C/c1ccc(OCC(=O)Nc2ccc(Br)cc2)c(OC)c1. The van der Waals surface area contributed by atoms with E-state index in [0.29, 0.717) is 11.5 Å². The Labute approximate surface area is 144 Å². The molecule has 0 radical (unpaired) electrons. The smallest absolute Gasteiger partial charge is 0.262 e. The highest BCUT2D eigenvalue weighted by Crippen LogP contribution is 2.28. The van der Waals surface area contributed by atoms with Gasteiger partial charge in [0, 0.05) is 10.2 Å². The Hall–Kier alpha value is -2.27. The minimum absolute atomic E-state index is 0.0879. The molecule has 2 aromatic rings. The van der Waals surface area contributed by atoms with Crippen LogP contribution in [-0.2, 0) is 4.79 Å². The molecule has 120 valence electrons. The number of carbonyl (C=O) groups is 1. The van der Waals surface area contributed by atoms with Gasteiger partial charge in [0.25, 0.3) is 5.91 Å². The molecule has 0 bridgehead atoms. The summed E-state index contributed by atoms with van der Waals surface area (Å²) in [6.45, 7) is 1.86. The van der Waals surface area contributed by atoms with Crippen LogP contribution in [0.3, 0.4) is 0 Å². The third-order valence-electron chi connectivity index (χ3n) is 3.03. The molecular weight excluding hydrogens is 358 g/mol. The van der Waals surface area contributed by atoms with Crippen LogP contribution in [0.25, 0.3) is 6.08 Å². The molecule has 0 aliphatic heterocycles. The van der Waals surface area contributed by atoms with Crippen molar-refractivity contribution >= 4 is 33.6 Å². The summed E-state index contributed by atoms with van der Waals surface area (Å²) < 4.78 is 11.8. The third kappa shape index (κ3) is 5.14. The monoisotopic (exact) mass is 375 g/mol. The van der Waals surface area contributed by atoms with E-state index in [1.807, 2.05) is 55.5 Å². The lowest BCUT2D eigenvalue weighted by molar-refractivity contribution is -0.118. The van der Waals surface area contributed by atoms with E-state index in [1.54, 1.807) is 13.2 Å². The van der Waals surface area contributed by atoms with Gasteiger partial charge in [0.15, 0.2) is 18.1 Å². The zero-order valence-corrected chi connectivity index (χ0v) is 14.6. The Morgan fingerprint density at radius 2 is 1.91 bits per heavy atom. The first-order chi connectivity index (χ1) is 11.1. The topological polar surface area (TPSA) is 47.6 Å². The zero-order valence-electron chi connectivity index (χ0n) is 13.0. The number of halogens is 1. The molecule has 0 spiro atoms. The molecule has 1 amide bonds. The predicted octanol–water partition coefficient (Wildman–Crippen LogP) is 4.51. The Morgan fingerprint density at radius 3 is 2.57 bits per heavy atom. The standard InChI is InChI=1S/C18H18BrNO3/c1-3-4-13-5-10-16(17(11-13)22-2)23-12-18(21)20-15-8-6-14(19)7-9-15/h3-11H,12H2,1-2H3,(H,20,21)/b4-3+. The second-order valence-corrected chi connectivity index (χ2v) is 5.67. The number of anilines is 1. The lowest BCUT2D eigenvalue weighted by Gasteiger charge is -2.11. The molecule has 0 saturated carbocycles. The lowest BCUT2D eigenvalue weighted by Crippen LogP contribution is -2.20. The van der Waals surface area contributed by atoms with Crippen molar-refractivity contribution in [2.24, 2.45) is 0 Å². The molecule has 0 heterocycles. The second kappa shape index (κ2) is 8.39. The lowest BCUT2D eigenvalue weighted by atomic mass is 10.2. The largest absolute Gasteiger partial charge is 0.493 e. The van der Waals surface area contributed by atoms with Gasteiger partial charge in [-0.1, -0.05) is 34.1 Å². The van der Waals surface area contributed by atoms with Crippen molar-refractivity contribution in [3.05, 3.63) is 58.6 Å². The summed E-state index contributed by atoms with van der Waals surface area (Å²) in [5.74, 6) is 0.899. The van der Waals surface area contributed by atoms with Crippen LogP contribution in [0.5, 0.6) is 11.5 Å². The summed E-state index contributed by atoms with van der Waals surface area (Å²) >= 11 is 3.35. The van der Waals surface area contributed by atoms with E-state index in [0.717, 1.165) is 15.7 Å². The molecule has 5 heteroatoms. The quantitative estimate of drug-likeness (QED) is 0.807. The Morgan fingerprint density at radius 1 is 1.17 bits per heavy atom. The van der Waals surface area contributed by atoms with Crippen molar-refractivity contribution in [3.63, 3.8) is 0 Å². The third-order valence-corrected chi connectivity index (χ3v) is 3.56. The maximum atomic E-state index is 11.9. The first-order valence-corrected chi connectivity index (χ1v) is 7.90. The van der Waals surface area contributed by atoms with Crippen LogP contribution >= 0.6 is 15.9 Å². The van der Waals surface area contributed by atoms with Crippen molar-refractivity contribution in [2.75, 3.05) is 19.0 Å². The molecule has 0 atom stereocenters. The van der Waals surface area contributed by atoms with E-state index in [4.69, 9.17) is 9.47 Å². The number of allylic oxidation sites excluding steroid dienone is 1. The summed E-state index contributed by atoms with van der Waals surface area (Å²) in [7, 11) is 1.57. The van der Waals surface area contributed by atoms with Crippen LogP contribution in [-0.4, -0.2) is 19.6 Å². The molecule has 2 rings (SSSR count). The van der Waals surface area contributed by atoms with Gasteiger partial charge in [-0.3, -0.25) is 4.79 Å². The Balaban J connectivity index is 1.97. The molecule has 0 saturated heterocycles. The van der Waals surface area contributed by atoms with Crippen molar-refractivity contribution in [2.45, 2.75) is 6.92 Å². The van der Waals surface area contributed by atoms with Gasteiger partial charge in [-0.2, -0.15) is 0 Å². The molecule has 0 fully saturated rings. The summed E-state index contributed by atoms with van der Waals surface area (Å²) in [5, 5.41) is 2.77. The van der Waals surface area contributed by atoms with E-state index < -0.39 is 0 Å². The molecule has 23 heavy (non-hydrogen) atoms. The molecule has 0 unspecified atom stereocenters. The number of ether oxygens (including phenoxy) is 2. The summed E-state index contributed by atoms with van der Waals surface area (Å²) in [5.41, 5.74) is 1.73. The fourth-order valence-corrected chi connectivity index (χ4v) is 2.24. The number of amides is 1. The Kier molecular flexibility index (Phi) is 6.23. The highest BCUT2D eigenvalue weighted by atomic mass is 79.9. The van der Waals surface area contributed by atoms with E-state index in [1.165, 1.54) is 0 Å². The zero-order chi connectivity index (χ0) is 16.7. The number of methoxy groups -OCH3 is 1. The first kappa shape index (κ1) is 17.1. The fourth-order valence-electron chi connectivity index (χ4n) is 1.97. The maximum Gasteiger partial charge on any atom is 0.262 e. The average molecular weight is 376 g/mol. The molecule has 0 aromatic heterocycles. The number of rotatable bonds is 6. The summed E-state index contributed by atoms with van der Waals surface area (Å²) in [6.07, 6.45) is 3.91. The molecular formula is C18H18BrNO3. The highest BCUT2D eigenvalue weighted by molar-refractivity contribution is 9.10.